The van der Waals surface area contributed by atoms with Crippen molar-refractivity contribution >= 4 is 23.8 Å². The minimum atomic E-state index is -0.214. The number of para-hydroxylation sites is 4. The van der Waals surface area contributed by atoms with Crippen LogP contribution in [0.15, 0.2) is 82.8 Å². The van der Waals surface area contributed by atoms with Gasteiger partial charge in [0, 0.05) is 16.8 Å². The summed E-state index contributed by atoms with van der Waals surface area (Å²) in [6, 6.07) is 24.0. The number of aromatic amines is 2. The average molecular weight is 599 g/mol. The molecule has 0 saturated heterocycles. The standard InChI is InChI=1S/C35H42N4O5/c1-3-35(4-2)33-15-13-27(38-33)25-36-29-9-5-7-11-31(29)43-23-21-41-19-17-40-18-20-42-22-24-44-32-12-8-6-10-30(32)37-26-28-14-16-34(35)39-28/h5-16,25-26,38-39H,3-4,17-24H2,1-2H3. The lowest BCUT2D eigenvalue weighted by Gasteiger charge is -2.30. The maximum Gasteiger partial charge on any atom is 0.145 e. The van der Waals surface area contributed by atoms with Crippen molar-refractivity contribution in [2.75, 3.05) is 52.9 Å². The quantitative estimate of drug-likeness (QED) is 0.265. The highest BCUT2D eigenvalue weighted by Crippen LogP contribution is 2.38. The highest BCUT2D eigenvalue weighted by molar-refractivity contribution is 5.82. The van der Waals surface area contributed by atoms with E-state index in [0.717, 1.165) is 47.0 Å². The molecule has 0 aliphatic carbocycles. The second-order valence-electron chi connectivity index (χ2n) is 10.4. The van der Waals surface area contributed by atoms with E-state index in [1.54, 1.807) is 0 Å². The maximum absolute atomic E-state index is 5.97. The SMILES string of the molecule is CCC1(CC)c2ccc([nH]2)C=Nc2ccccc2OCCOCCOCCOCCOc2ccccc2N=Cc2ccc1[nH]2. The van der Waals surface area contributed by atoms with E-state index in [1.807, 2.05) is 61.0 Å². The molecule has 2 aromatic carbocycles. The summed E-state index contributed by atoms with van der Waals surface area (Å²) in [6.07, 6.45) is 5.53. The Morgan fingerprint density at radius 3 is 1.39 bits per heavy atom. The van der Waals surface area contributed by atoms with Gasteiger partial charge < -0.3 is 33.7 Å². The Kier molecular flexibility index (Phi) is 11.4. The van der Waals surface area contributed by atoms with Crippen LogP contribution in [0.2, 0.25) is 0 Å². The van der Waals surface area contributed by atoms with E-state index >= 15 is 0 Å². The highest BCUT2D eigenvalue weighted by atomic mass is 16.6. The molecule has 0 saturated carbocycles. The molecule has 2 N–H and O–H groups in total. The van der Waals surface area contributed by atoms with E-state index in [4.69, 9.17) is 33.7 Å². The molecule has 4 bridgehead atoms. The van der Waals surface area contributed by atoms with Gasteiger partial charge in [0.1, 0.15) is 36.1 Å². The number of aromatic nitrogens is 2. The molecule has 0 atom stereocenters. The van der Waals surface area contributed by atoms with Crippen LogP contribution in [0.1, 0.15) is 49.5 Å². The summed E-state index contributed by atoms with van der Waals surface area (Å²) in [7, 11) is 0. The molecule has 3 heterocycles. The first-order valence-electron chi connectivity index (χ1n) is 15.4. The third-order valence-electron chi connectivity index (χ3n) is 7.79. The molecule has 0 radical (unpaired) electrons. The van der Waals surface area contributed by atoms with E-state index in [-0.39, 0.29) is 5.41 Å². The predicted octanol–water partition coefficient (Wildman–Crippen LogP) is 6.77. The molecular formula is C35H42N4O5. The Morgan fingerprint density at radius 1 is 0.545 bits per heavy atom. The van der Waals surface area contributed by atoms with Gasteiger partial charge in [-0.3, -0.25) is 9.98 Å². The highest BCUT2D eigenvalue weighted by Gasteiger charge is 2.33. The van der Waals surface area contributed by atoms with Gasteiger partial charge in [-0.25, -0.2) is 0 Å². The van der Waals surface area contributed by atoms with Gasteiger partial charge >= 0.3 is 0 Å². The first-order chi connectivity index (χ1) is 21.7. The molecule has 5 rings (SSSR count). The second kappa shape index (κ2) is 16.0. The Hall–Kier alpha value is -4.18. The summed E-state index contributed by atoms with van der Waals surface area (Å²) >= 11 is 0. The summed E-state index contributed by atoms with van der Waals surface area (Å²) in [4.78, 5) is 16.7. The largest absolute Gasteiger partial charge is 0.489 e. The van der Waals surface area contributed by atoms with Crippen LogP contribution in [0.3, 0.4) is 0 Å². The summed E-state index contributed by atoms with van der Waals surface area (Å²) in [5.41, 5.74) is 5.42. The molecule has 0 unspecified atom stereocenters. The van der Waals surface area contributed by atoms with Crippen LogP contribution in [0.25, 0.3) is 0 Å². The van der Waals surface area contributed by atoms with E-state index in [2.05, 4.69) is 48.1 Å². The van der Waals surface area contributed by atoms with Crippen LogP contribution in [0.4, 0.5) is 11.4 Å². The molecule has 0 amide bonds. The number of hydrogen-bond acceptors (Lipinski definition) is 7. The molecule has 232 valence electrons. The van der Waals surface area contributed by atoms with Crippen LogP contribution in [-0.2, 0) is 19.6 Å². The van der Waals surface area contributed by atoms with Gasteiger partial charge in [-0.2, -0.15) is 0 Å². The van der Waals surface area contributed by atoms with E-state index < -0.39 is 0 Å². The van der Waals surface area contributed by atoms with Gasteiger partial charge in [-0.1, -0.05) is 38.1 Å². The van der Waals surface area contributed by atoms with Crippen LogP contribution in [-0.4, -0.2) is 75.3 Å². The molecule has 2 aromatic heterocycles. The Labute approximate surface area is 259 Å². The van der Waals surface area contributed by atoms with Crippen molar-refractivity contribution in [1.29, 1.82) is 0 Å². The van der Waals surface area contributed by atoms with Crippen molar-refractivity contribution in [3.8, 4) is 11.5 Å². The second-order valence-corrected chi connectivity index (χ2v) is 10.4. The van der Waals surface area contributed by atoms with E-state index in [1.165, 1.54) is 0 Å². The Morgan fingerprint density at radius 2 is 0.955 bits per heavy atom. The lowest BCUT2D eigenvalue weighted by Crippen LogP contribution is -2.27. The monoisotopic (exact) mass is 598 g/mol. The summed E-state index contributed by atoms with van der Waals surface area (Å²) < 4.78 is 28.9. The third kappa shape index (κ3) is 8.05. The van der Waals surface area contributed by atoms with Crippen molar-refractivity contribution < 1.29 is 23.7 Å². The van der Waals surface area contributed by atoms with Gasteiger partial charge in [0.25, 0.3) is 0 Å². The minimum absolute atomic E-state index is 0.214. The first-order valence-corrected chi connectivity index (χ1v) is 15.4. The van der Waals surface area contributed by atoms with Crippen LogP contribution < -0.4 is 9.47 Å². The minimum Gasteiger partial charge on any atom is -0.489 e. The van der Waals surface area contributed by atoms with Gasteiger partial charge in [0.2, 0.25) is 0 Å². The molecule has 1 aliphatic rings. The molecule has 0 fully saturated rings. The van der Waals surface area contributed by atoms with Gasteiger partial charge in [-0.05, 0) is 61.4 Å². The average Bonchev–Trinajstić information content (AvgIpc) is 3.74. The Bertz CT molecular complexity index is 1400. The van der Waals surface area contributed by atoms with E-state index in [9.17, 15) is 0 Å². The first kappa shape index (κ1) is 31.3. The zero-order valence-electron chi connectivity index (χ0n) is 25.6. The van der Waals surface area contributed by atoms with Crippen molar-refractivity contribution in [3.63, 3.8) is 0 Å². The normalized spacial score (nSPS) is 16.9. The zero-order valence-corrected chi connectivity index (χ0v) is 25.6. The lowest BCUT2D eigenvalue weighted by atomic mass is 9.76. The molecular weight excluding hydrogens is 556 g/mol. The summed E-state index contributed by atoms with van der Waals surface area (Å²) in [5, 5.41) is 0. The number of hydrogen-bond donors (Lipinski definition) is 2. The fourth-order valence-corrected chi connectivity index (χ4v) is 5.30. The van der Waals surface area contributed by atoms with Crippen LogP contribution in [0, 0.1) is 0 Å². The van der Waals surface area contributed by atoms with Crippen molar-refractivity contribution in [1.82, 2.24) is 9.97 Å². The van der Waals surface area contributed by atoms with Crippen molar-refractivity contribution in [3.05, 3.63) is 95.6 Å². The number of ether oxygens (including phenoxy) is 5. The fourth-order valence-electron chi connectivity index (χ4n) is 5.30. The number of fused-ring (bicyclic) bond motifs is 6. The maximum atomic E-state index is 5.97. The van der Waals surface area contributed by atoms with Crippen molar-refractivity contribution in [2.24, 2.45) is 9.98 Å². The fraction of sp³-hybridized carbons (Fsp3) is 0.371. The topological polar surface area (TPSA) is 102 Å². The van der Waals surface area contributed by atoms with Crippen LogP contribution in [0.5, 0.6) is 11.5 Å². The smallest absolute Gasteiger partial charge is 0.145 e. The van der Waals surface area contributed by atoms with Crippen molar-refractivity contribution in [2.45, 2.75) is 32.1 Å². The van der Waals surface area contributed by atoms with Gasteiger partial charge in [-0.15, -0.1) is 0 Å². The molecule has 9 nitrogen and oxygen atoms in total. The predicted molar refractivity (Wildman–Crippen MR) is 174 cm³/mol. The molecule has 4 aromatic rings. The lowest BCUT2D eigenvalue weighted by molar-refractivity contribution is 0.00504. The number of benzene rings is 2. The molecule has 9 heteroatoms. The molecule has 0 spiro atoms. The number of nitrogens with one attached hydrogen (secondary N) is 2. The molecule has 1 aliphatic heterocycles. The number of rotatable bonds is 2. The number of H-pyrrole nitrogens is 2. The third-order valence-corrected chi connectivity index (χ3v) is 7.79. The van der Waals surface area contributed by atoms with Gasteiger partial charge in [0.05, 0.1) is 63.5 Å². The zero-order chi connectivity index (χ0) is 30.5. The van der Waals surface area contributed by atoms with E-state index in [0.29, 0.717) is 64.4 Å². The summed E-state index contributed by atoms with van der Waals surface area (Å²) in [6.45, 7) is 8.14. The van der Waals surface area contributed by atoms with Crippen LogP contribution >= 0.6 is 0 Å². The number of nitrogens with zero attached hydrogens (tertiary/aromatic N) is 2. The molecule has 44 heavy (non-hydrogen) atoms. The summed E-state index contributed by atoms with van der Waals surface area (Å²) in [5.74, 6) is 1.42. The van der Waals surface area contributed by atoms with Gasteiger partial charge in [0.15, 0.2) is 0 Å². The Balaban J connectivity index is 1.38. The number of aliphatic imine (C=N–C) groups is 2.